The van der Waals surface area contributed by atoms with Crippen LogP contribution in [0.2, 0.25) is 0 Å². The molecule has 0 aromatic carbocycles. The Hall–Kier alpha value is -2.71. The Morgan fingerprint density at radius 2 is 0.619 bits per heavy atom. The van der Waals surface area contributed by atoms with E-state index in [1.807, 2.05) is 0 Å². The summed E-state index contributed by atoms with van der Waals surface area (Å²) in [5.41, 5.74) is -27.8. The molecule has 0 aromatic rings. The second-order valence-electron chi connectivity index (χ2n) is 19.6. The van der Waals surface area contributed by atoms with Crippen molar-refractivity contribution < 1.29 is 108 Å². The minimum atomic E-state index is -2.77. The molecule has 3 fully saturated rings. The molecule has 9 N–H and O–H groups in total. The normalized spacial score (nSPS) is 51.3. The number of rotatable bonds is 15. The lowest BCUT2D eigenvalue weighted by atomic mass is 9.57. The molecule has 0 aromatic heterocycles. The maximum atomic E-state index is 13.2. The van der Waals surface area contributed by atoms with Gasteiger partial charge in [0, 0.05) is 33.5 Å². The topological polar surface area (TPSA) is 326 Å². The fraction of sp³-hybridized carbons (Fsp3) is 0.927. The first-order valence-electron chi connectivity index (χ1n) is 20.4. The van der Waals surface area contributed by atoms with E-state index in [1.54, 1.807) is 0 Å². The Bertz CT molecular complexity index is 1750. The highest BCUT2D eigenvalue weighted by Gasteiger charge is 2.83. The predicted octanol–water partition coefficient (Wildman–Crippen LogP) is 2.86. The largest absolute Gasteiger partial charge is 0.505 e. The number of methoxy groups -OCH3 is 2. The first kappa shape index (κ1) is 54.6. The van der Waals surface area contributed by atoms with Crippen molar-refractivity contribution in [3.8, 4) is 0 Å². The summed E-state index contributed by atoms with van der Waals surface area (Å²) in [6.07, 6.45) is -6.12. The summed E-state index contributed by atoms with van der Waals surface area (Å²) in [4.78, 5) is 34.6. The molecule has 63 heavy (non-hydrogen) atoms. The molecule has 0 amide bonds. The monoisotopic (exact) mass is 916 g/mol. The van der Waals surface area contributed by atoms with Gasteiger partial charge in [0.25, 0.3) is 0 Å². The van der Waals surface area contributed by atoms with Crippen molar-refractivity contribution in [3.63, 3.8) is 0 Å². The van der Waals surface area contributed by atoms with Gasteiger partial charge < -0.3 is 93.3 Å². The van der Waals surface area contributed by atoms with Crippen LogP contribution in [0.3, 0.4) is 0 Å². The van der Waals surface area contributed by atoms with E-state index in [2.05, 4.69) is 0 Å². The van der Waals surface area contributed by atoms with E-state index in [1.165, 1.54) is 97.3 Å². The van der Waals surface area contributed by atoms with Gasteiger partial charge in [-0.1, -0.05) is 0 Å². The molecule has 368 valence electrons. The van der Waals surface area contributed by atoms with Gasteiger partial charge >= 0.3 is 18.5 Å². The molecule has 0 aliphatic carbocycles. The van der Waals surface area contributed by atoms with Crippen LogP contribution in [0.15, 0.2) is 0 Å². The first-order chi connectivity index (χ1) is 27.9. The minimum absolute atomic E-state index is 0.297. The smallest absolute Gasteiger partial charge is 0.450 e. The number of hydrogen-bond donors (Lipinski definition) is 9. The number of aliphatic hydroxyl groups is 6. The molecule has 22 nitrogen and oxygen atoms in total. The highest BCUT2D eigenvalue weighted by atomic mass is 16.8. The summed E-state index contributed by atoms with van der Waals surface area (Å²) in [5.74, 6) is -7.13. The van der Waals surface area contributed by atoms with E-state index in [9.17, 15) is 60.3 Å². The summed E-state index contributed by atoms with van der Waals surface area (Å²) in [5, 5.41) is 104. The van der Waals surface area contributed by atoms with E-state index in [4.69, 9.17) is 47.4 Å². The van der Waals surface area contributed by atoms with Crippen LogP contribution >= 0.6 is 0 Å². The second kappa shape index (κ2) is 16.0. The van der Waals surface area contributed by atoms with Gasteiger partial charge in [-0.15, -0.1) is 0 Å². The Kier molecular flexibility index (Phi) is 13.9. The molecule has 3 rings (SSSR count). The van der Waals surface area contributed by atoms with Crippen LogP contribution in [0, 0.1) is 0 Å². The van der Waals surface area contributed by atoms with Gasteiger partial charge in [0.2, 0.25) is 0 Å². The predicted molar refractivity (Wildman–Crippen MR) is 215 cm³/mol. The van der Waals surface area contributed by atoms with Crippen LogP contribution in [-0.2, 0) is 47.4 Å². The molecule has 3 heterocycles. The molecule has 0 saturated carbocycles. The van der Waals surface area contributed by atoms with Crippen molar-refractivity contribution >= 4 is 18.5 Å². The Balaban J connectivity index is 2.40. The van der Waals surface area contributed by atoms with Gasteiger partial charge in [-0.2, -0.15) is 0 Å². The fourth-order valence-corrected chi connectivity index (χ4v) is 10.1. The van der Waals surface area contributed by atoms with Crippen LogP contribution in [0.5, 0.6) is 0 Å². The van der Waals surface area contributed by atoms with Crippen LogP contribution in [-0.4, -0.2) is 183 Å². The molecule has 3 aliphatic rings. The summed E-state index contributed by atoms with van der Waals surface area (Å²) < 4.78 is 59.5. The Morgan fingerprint density at radius 3 is 0.873 bits per heavy atom. The van der Waals surface area contributed by atoms with E-state index >= 15 is 0 Å². The van der Waals surface area contributed by atoms with Crippen LogP contribution in [0.4, 0.5) is 14.4 Å². The molecule has 15 unspecified atom stereocenters. The van der Waals surface area contributed by atoms with Crippen LogP contribution in [0.1, 0.15) is 123 Å². The zero-order chi connectivity index (χ0) is 49.5. The standard InChI is InChI=1S/C41H72O22/c1-27(18-21-56-24(42)43)36(10,54-16)30(4,48)34(8,52)40(14,60-27)63-38(12)29(3,20-23-58-26(46)47)61-41(15,35(9,53)32(38,6)50)62-37(11)28(2,19-22-57-25(44)45)59-39(13,55-17)33(7,51)31(37,5)49/h48-53H,18-23H2,1-17H3,(H,42,43)(H,44,45)(H,46,47). The van der Waals surface area contributed by atoms with Gasteiger partial charge in [-0.3, -0.25) is 0 Å². The van der Waals surface area contributed by atoms with Crippen molar-refractivity contribution in [2.75, 3.05) is 34.0 Å². The molecule has 0 bridgehead atoms. The minimum Gasteiger partial charge on any atom is -0.450 e. The number of carboxylic acid groups (broad SMARTS) is 3. The quantitative estimate of drug-likeness (QED) is 0.0842. The molecule has 0 radical (unpaired) electrons. The molecule has 0 spiro atoms. The molecule has 15 atom stereocenters. The SMILES string of the molecule is COC1(C)OC(C)(CCOC(=O)O)C(C)(OC2(C)OC(C)(CCOC(=O)O)C(C)(OC3(C)OC(C)(CCOC(=O)O)C(C)(OC)C(C)(O)C3(C)O)C(C)(O)C2(C)O)C(C)(O)C1(C)O. The zero-order valence-electron chi connectivity index (χ0n) is 39.6. The van der Waals surface area contributed by atoms with Gasteiger partial charge in [0.15, 0.2) is 17.4 Å². The molecule has 22 heteroatoms. The fourth-order valence-electron chi connectivity index (χ4n) is 10.1. The summed E-state index contributed by atoms with van der Waals surface area (Å²) in [7, 11) is 2.44. The lowest BCUT2D eigenvalue weighted by molar-refractivity contribution is -0.538. The highest BCUT2D eigenvalue weighted by Crippen LogP contribution is 2.65. The van der Waals surface area contributed by atoms with Crippen LogP contribution < -0.4 is 0 Å². The van der Waals surface area contributed by atoms with Crippen molar-refractivity contribution in [2.24, 2.45) is 0 Å². The van der Waals surface area contributed by atoms with Crippen molar-refractivity contribution in [1.29, 1.82) is 0 Å². The summed E-state index contributed by atoms with van der Waals surface area (Å²) in [6.45, 7) is 17.2. The van der Waals surface area contributed by atoms with E-state index in [0.29, 0.717) is 0 Å². The third-order valence-corrected chi connectivity index (χ3v) is 16.6. The number of hydrogen-bond acceptors (Lipinski definition) is 19. The highest BCUT2D eigenvalue weighted by molar-refractivity contribution is 5.57. The van der Waals surface area contributed by atoms with Gasteiger partial charge in [-0.05, 0) is 104 Å². The maximum Gasteiger partial charge on any atom is 0.505 e. The molecular weight excluding hydrogens is 844 g/mol. The average Bonchev–Trinajstić information content (AvgIpc) is 3.11. The summed E-state index contributed by atoms with van der Waals surface area (Å²) >= 11 is 0. The summed E-state index contributed by atoms with van der Waals surface area (Å²) in [6, 6.07) is 0. The van der Waals surface area contributed by atoms with Gasteiger partial charge in [0.05, 0.1) is 19.8 Å². The third-order valence-electron chi connectivity index (χ3n) is 16.6. The van der Waals surface area contributed by atoms with Gasteiger partial charge in [-0.25, -0.2) is 14.4 Å². The molecule has 3 aliphatic heterocycles. The number of ether oxygens (including phenoxy) is 10. The lowest BCUT2D eigenvalue weighted by Crippen LogP contribution is -2.91. The zero-order valence-corrected chi connectivity index (χ0v) is 39.6. The molecule has 3 saturated heterocycles. The van der Waals surface area contributed by atoms with E-state index in [-0.39, 0.29) is 12.8 Å². The van der Waals surface area contributed by atoms with Crippen LogP contribution in [0.25, 0.3) is 0 Å². The number of carbonyl (C=O) groups is 3. The van der Waals surface area contributed by atoms with Crippen molar-refractivity contribution in [3.05, 3.63) is 0 Å². The Morgan fingerprint density at radius 1 is 0.381 bits per heavy atom. The van der Waals surface area contributed by atoms with Gasteiger partial charge in [0.1, 0.15) is 67.2 Å². The average molecular weight is 917 g/mol. The second-order valence-corrected chi connectivity index (χ2v) is 19.6. The lowest BCUT2D eigenvalue weighted by Gasteiger charge is -2.73. The van der Waals surface area contributed by atoms with Crippen molar-refractivity contribution in [1.82, 2.24) is 0 Å². The maximum absolute atomic E-state index is 13.2. The third kappa shape index (κ3) is 7.39. The van der Waals surface area contributed by atoms with E-state index < -0.39 is 129 Å². The van der Waals surface area contributed by atoms with Crippen molar-refractivity contribution in [2.45, 2.75) is 208 Å². The Labute approximate surface area is 367 Å². The molecular formula is C41H72O22. The van der Waals surface area contributed by atoms with E-state index in [0.717, 1.165) is 20.8 Å². The first-order valence-corrected chi connectivity index (χ1v) is 20.4.